The van der Waals surface area contributed by atoms with Crippen LogP contribution in [0.3, 0.4) is 0 Å². The van der Waals surface area contributed by atoms with E-state index in [0.717, 1.165) is 0 Å². The van der Waals surface area contributed by atoms with Crippen molar-refractivity contribution in [1.82, 2.24) is 4.98 Å². The van der Waals surface area contributed by atoms with Crippen LogP contribution in [0.15, 0.2) is 16.7 Å². The molecule has 166 valence electrons. The lowest BCUT2D eigenvalue weighted by Crippen LogP contribution is -2.17. The Morgan fingerprint density at radius 2 is 1.53 bits per heavy atom. The molecule has 0 aliphatic heterocycles. The number of anilines is 1. The van der Waals surface area contributed by atoms with Crippen LogP contribution in [0.1, 0.15) is 62.3 Å². The minimum atomic E-state index is -0.623. The number of methoxy groups -OCH3 is 1. The van der Waals surface area contributed by atoms with E-state index in [2.05, 4.69) is 19.2 Å². The van der Waals surface area contributed by atoms with E-state index in [4.69, 9.17) is 10.2 Å². The number of carbonyl (C=O) groups is 4. The number of nitrogen functional groups attached to an aromatic ring is 1. The number of fused-ring (bicyclic) bond motifs is 1. The molecule has 0 spiro atoms. The number of rotatable bonds is 4. The highest BCUT2D eigenvalue weighted by molar-refractivity contribution is 6.06. The van der Waals surface area contributed by atoms with Crippen molar-refractivity contribution in [3.63, 3.8) is 0 Å². The molecule has 0 amide bonds. The third-order valence-corrected chi connectivity index (χ3v) is 2.91. The molecule has 0 aromatic carbocycles. The van der Waals surface area contributed by atoms with E-state index in [1.165, 1.54) is 19.4 Å². The summed E-state index contributed by atoms with van der Waals surface area (Å²) < 4.78 is 18.8. The van der Waals surface area contributed by atoms with Gasteiger partial charge in [-0.05, 0) is 47.6 Å². The Morgan fingerprint density at radius 3 is 1.87 bits per heavy atom. The van der Waals surface area contributed by atoms with E-state index in [0.29, 0.717) is 24.8 Å². The number of nitrogens with zero attached hydrogens (tertiary/aromatic N) is 1. The van der Waals surface area contributed by atoms with Gasteiger partial charge in [0.2, 0.25) is 5.88 Å². The fourth-order valence-electron chi connectivity index (χ4n) is 1.66. The van der Waals surface area contributed by atoms with Crippen LogP contribution in [0, 0.1) is 0 Å². The first kappa shape index (κ1) is 26.6. The molecule has 0 atom stereocenters. The molecule has 0 unspecified atom stereocenters. The number of furan rings is 1. The van der Waals surface area contributed by atoms with Crippen molar-refractivity contribution >= 4 is 42.2 Å². The molecule has 2 rings (SSSR count). The zero-order valence-corrected chi connectivity index (χ0v) is 18.2. The minimum Gasteiger partial charge on any atom is -0.465 e. The average Bonchev–Trinajstić information content (AvgIpc) is 2.94. The molecule has 0 fully saturated rings. The average molecular weight is 424 g/mol. The monoisotopic (exact) mass is 424 g/mol. The Labute approximate surface area is 174 Å². The molecule has 10 nitrogen and oxygen atoms in total. The zero-order chi connectivity index (χ0) is 23.5. The third kappa shape index (κ3) is 9.67. The van der Waals surface area contributed by atoms with Crippen molar-refractivity contribution in [3.8, 4) is 0 Å². The number of esters is 1. The number of carbonyl (C=O) groups excluding carboxylic acids is 4. The van der Waals surface area contributed by atoms with Gasteiger partial charge in [-0.1, -0.05) is 0 Å². The second kappa shape index (κ2) is 11.5. The van der Waals surface area contributed by atoms with Crippen molar-refractivity contribution in [2.45, 2.75) is 52.7 Å². The van der Waals surface area contributed by atoms with Crippen molar-refractivity contribution in [3.05, 3.63) is 23.4 Å². The first-order valence-electron chi connectivity index (χ1n) is 8.74. The highest BCUT2D eigenvalue weighted by Crippen LogP contribution is 2.27. The standard InChI is InChI=1S/C10H8N2O4.2C5H10O2/c1-15-10(14)7-8-6(16-9(7)11)2-5(4-13)3-12-8;2*1-5(2,3)7-4-6/h2-4H,11H2,1H3;2*4H,1-3H3. The van der Waals surface area contributed by atoms with Crippen molar-refractivity contribution < 1.29 is 37.8 Å². The molecule has 0 aliphatic carbocycles. The second-order valence-electron chi connectivity index (χ2n) is 7.72. The summed E-state index contributed by atoms with van der Waals surface area (Å²) in [6.45, 7) is 11.8. The van der Waals surface area contributed by atoms with Gasteiger partial charge in [0.15, 0.2) is 11.9 Å². The highest BCUT2D eigenvalue weighted by Gasteiger charge is 2.21. The summed E-state index contributed by atoms with van der Waals surface area (Å²) in [5, 5.41) is 0. The van der Waals surface area contributed by atoms with Gasteiger partial charge in [-0.15, -0.1) is 0 Å². The molecular weight excluding hydrogens is 396 g/mol. The number of pyridine rings is 1. The van der Waals surface area contributed by atoms with Gasteiger partial charge in [-0.3, -0.25) is 19.4 Å². The van der Waals surface area contributed by atoms with Gasteiger partial charge in [0, 0.05) is 11.8 Å². The summed E-state index contributed by atoms with van der Waals surface area (Å²) in [5.74, 6) is -0.694. The quantitative estimate of drug-likeness (QED) is 0.441. The van der Waals surface area contributed by atoms with Gasteiger partial charge in [0.25, 0.3) is 12.9 Å². The lowest BCUT2D eigenvalue weighted by molar-refractivity contribution is -0.139. The molecule has 2 aromatic rings. The number of ether oxygens (including phenoxy) is 3. The lowest BCUT2D eigenvalue weighted by Gasteiger charge is -2.14. The SMILES string of the molecule is CC(C)(C)OC=O.CC(C)(C)OC=O.COC(=O)c1c(N)oc2cc(C=O)cnc12. The van der Waals surface area contributed by atoms with Crippen LogP contribution in [0.5, 0.6) is 0 Å². The van der Waals surface area contributed by atoms with E-state index in [-0.39, 0.29) is 33.7 Å². The van der Waals surface area contributed by atoms with Gasteiger partial charge in [0.1, 0.15) is 22.3 Å². The summed E-state index contributed by atoms with van der Waals surface area (Å²) in [6.07, 6.45) is 1.96. The summed E-state index contributed by atoms with van der Waals surface area (Å²) in [7, 11) is 1.24. The topological polar surface area (TPSA) is 148 Å². The molecule has 2 N–H and O–H groups in total. The lowest BCUT2D eigenvalue weighted by atomic mass is 10.2. The Kier molecular flexibility index (Phi) is 10.2. The van der Waals surface area contributed by atoms with Gasteiger partial charge in [-0.25, -0.2) is 4.79 Å². The molecule has 0 aliphatic rings. The molecule has 30 heavy (non-hydrogen) atoms. The Hall–Kier alpha value is -3.43. The molecular formula is C20H28N2O8. The molecule has 0 bridgehead atoms. The molecule has 0 saturated heterocycles. The predicted octanol–water partition coefficient (Wildman–Crippen LogP) is 2.92. The van der Waals surface area contributed by atoms with E-state index < -0.39 is 5.97 Å². The van der Waals surface area contributed by atoms with Gasteiger partial charge in [-0.2, -0.15) is 0 Å². The maximum Gasteiger partial charge on any atom is 0.345 e. The molecule has 2 aromatic heterocycles. The zero-order valence-electron chi connectivity index (χ0n) is 18.2. The summed E-state index contributed by atoms with van der Waals surface area (Å²) in [5.41, 5.74) is 5.88. The van der Waals surface area contributed by atoms with Crippen LogP contribution in [-0.2, 0) is 23.8 Å². The molecule has 0 radical (unpaired) electrons. The minimum absolute atomic E-state index is 0.0719. The Bertz CT molecular complexity index is 840. The van der Waals surface area contributed by atoms with E-state index in [1.807, 2.05) is 41.5 Å². The third-order valence-electron chi connectivity index (χ3n) is 2.91. The van der Waals surface area contributed by atoms with Gasteiger partial charge < -0.3 is 24.4 Å². The molecule has 2 heterocycles. The van der Waals surface area contributed by atoms with Crippen LogP contribution in [0.25, 0.3) is 11.1 Å². The summed E-state index contributed by atoms with van der Waals surface area (Å²) in [6, 6.07) is 1.46. The smallest absolute Gasteiger partial charge is 0.345 e. The Morgan fingerprint density at radius 1 is 1.03 bits per heavy atom. The first-order chi connectivity index (χ1) is 13.8. The molecule has 10 heteroatoms. The predicted molar refractivity (Wildman–Crippen MR) is 109 cm³/mol. The number of nitrogens with two attached hydrogens (primary N) is 1. The molecule has 0 saturated carbocycles. The summed E-state index contributed by atoms with van der Waals surface area (Å²) >= 11 is 0. The fraction of sp³-hybridized carbons (Fsp3) is 0.450. The largest absolute Gasteiger partial charge is 0.465 e. The highest BCUT2D eigenvalue weighted by atomic mass is 16.5. The number of aromatic nitrogens is 1. The van der Waals surface area contributed by atoms with Crippen molar-refractivity contribution in [1.29, 1.82) is 0 Å². The number of hydrogen-bond acceptors (Lipinski definition) is 10. The number of aldehydes is 1. The van der Waals surface area contributed by atoms with E-state index >= 15 is 0 Å². The van der Waals surface area contributed by atoms with Crippen LogP contribution in [0.2, 0.25) is 0 Å². The summed E-state index contributed by atoms with van der Waals surface area (Å²) in [4.78, 5) is 45.1. The normalized spacial score (nSPS) is 10.5. The van der Waals surface area contributed by atoms with Crippen LogP contribution in [0.4, 0.5) is 5.88 Å². The van der Waals surface area contributed by atoms with Gasteiger partial charge >= 0.3 is 5.97 Å². The van der Waals surface area contributed by atoms with Crippen LogP contribution < -0.4 is 5.73 Å². The maximum atomic E-state index is 11.4. The van der Waals surface area contributed by atoms with Crippen molar-refractivity contribution in [2.24, 2.45) is 0 Å². The maximum absolute atomic E-state index is 11.4. The van der Waals surface area contributed by atoms with Crippen LogP contribution in [-0.4, -0.2) is 48.5 Å². The second-order valence-corrected chi connectivity index (χ2v) is 7.72. The fourth-order valence-corrected chi connectivity index (χ4v) is 1.66. The van der Waals surface area contributed by atoms with E-state index in [1.54, 1.807) is 0 Å². The van der Waals surface area contributed by atoms with Gasteiger partial charge in [0.05, 0.1) is 7.11 Å². The van der Waals surface area contributed by atoms with E-state index in [9.17, 15) is 19.2 Å². The van der Waals surface area contributed by atoms with Crippen molar-refractivity contribution in [2.75, 3.05) is 12.8 Å². The van der Waals surface area contributed by atoms with Crippen LogP contribution >= 0.6 is 0 Å². The first-order valence-corrected chi connectivity index (χ1v) is 8.74. The Balaban J connectivity index is 0.000000503. The number of hydrogen-bond donors (Lipinski definition) is 1.